The summed E-state index contributed by atoms with van der Waals surface area (Å²) in [6.45, 7) is 6.73. The number of aromatic nitrogens is 1. The molecule has 1 aliphatic heterocycles. The maximum Gasteiger partial charge on any atom is 0.293 e. The molecule has 30 heavy (non-hydrogen) atoms. The van der Waals surface area contributed by atoms with Crippen molar-refractivity contribution in [2.45, 2.75) is 19.9 Å². The molecule has 152 valence electrons. The summed E-state index contributed by atoms with van der Waals surface area (Å²) < 4.78 is 3.28. The van der Waals surface area contributed by atoms with Crippen LogP contribution in [0.15, 0.2) is 70.7 Å². The van der Waals surface area contributed by atoms with Gasteiger partial charge in [0, 0.05) is 34.7 Å². The van der Waals surface area contributed by atoms with Gasteiger partial charge in [-0.1, -0.05) is 59.3 Å². The molecule has 0 bridgehead atoms. The third-order valence-corrected chi connectivity index (χ3v) is 6.57. The second-order valence-electron chi connectivity index (χ2n) is 7.09. The first-order valence-corrected chi connectivity index (χ1v) is 11.3. The van der Waals surface area contributed by atoms with E-state index in [0.29, 0.717) is 4.91 Å². The third-order valence-electron chi connectivity index (χ3n) is 5.13. The predicted molar refractivity (Wildman–Crippen MR) is 127 cm³/mol. The van der Waals surface area contributed by atoms with Crippen LogP contribution in [0.3, 0.4) is 0 Å². The van der Waals surface area contributed by atoms with Crippen LogP contribution in [-0.2, 0) is 17.8 Å². The summed E-state index contributed by atoms with van der Waals surface area (Å²) in [6.07, 6.45) is 6.40. The Morgan fingerprint density at radius 1 is 1.13 bits per heavy atom. The molecule has 4 nitrogen and oxygen atoms in total. The van der Waals surface area contributed by atoms with E-state index < -0.39 is 0 Å². The minimum absolute atomic E-state index is 0.229. The molecule has 0 spiro atoms. The number of aryl methyl sites for hydroxylation is 1. The van der Waals surface area contributed by atoms with Crippen LogP contribution in [0.5, 0.6) is 0 Å². The Hall–Kier alpha value is -2.57. The van der Waals surface area contributed by atoms with Gasteiger partial charge in [0.15, 0.2) is 0 Å². The van der Waals surface area contributed by atoms with E-state index in [1.165, 1.54) is 21.5 Å². The Kier molecular flexibility index (Phi) is 5.97. The van der Waals surface area contributed by atoms with E-state index in [-0.39, 0.29) is 17.7 Å². The molecule has 1 aliphatic rings. The number of nitrogens with zero attached hydrogens (tertiary/aromatic N) is 2. The van der Waals surface area contributed by atoms with E-state index in [1.54, 1.807) is 6.08 Å². The van der Waals surface area contributed by atoms with Crippen molar-refractivity contribution in [3.05, 3.63) is 87.4 Å². The van der Waals surface area contributed by atoms with Crippen LogP contribution in [0.25, 0.3) is 17.0 Å². The number of amides is 2. The van der Waals surface area contributed by atoms with Crippen molar-refractivity contribution in [3.8, 4) is 0 Å². The topological polar surface area (TPSA) is 42.3 Å². The van der Waals surface area contributed by atoms with Gasteiger partial charge >= 0.3 is 0 Å². The second kappa shape index (κ2) is 8.66. The number of carbonyl (C=O) groups is 2. The largest absolute Gasteiger partial charge is 0.342 e. The van der Waals surface area contributed by atoms with Gasteiger partial charge in [-0.2, -0.15) is 0 Å². The molecule has 2 aromatic carbocycles. The lowest BCUT2D eigenvalue weighted by atomic mass is 10.1. The van der Waals surface area contributed by atoms with Gasteiger partial charge in [0.05, 0.1) is 10.4 Å². The van der Waals surface area contributed by atoms with Gasteiger partial charge in [-0.3, -0.25) is 14.5 Å². The molecule has 6 heteroatoms. The van der Waals surface area contributed by atoms with Gasteiger partial charge < -0.3 is 4.57 Å². The van der Waals surface area contributed by atoms with E-state index in [0.717, 1.165) is 40.1 Å². The number of hydrogen-bond donors (Lipinski definition) is 0. The second-order valence-corrected chi connectivity index (χ2v) is 9.00. The van der Waals surface area contributed by atoms with Gasteiger partial charge in [-0.25, -0.2) is 0 Å². The Labute approximate surface area is 188 Å². The Morgan fingerprint density at radius 3 is 2.60 bits per heavy atom. The number of benzene rings is 2. The smallest absolute Gasteiger partial charge is 0.293 e. The van der Waals surface area contributed by atoms with Crippen molar-refractivity contribution >= 4 is 55.8 Å². The summed E-state index contributed by atoms with van der Waals surface area (Å²) >= 11 is 4.47. The van der Waals surface area contributed by atoms with Gasteiger partial charge in [0.1, 0.15) is 0 Å². The van der Waals surface area contributed by atoms with Crippen LogP contribution >= 0.6 is 27.7 Å². The highest BCUT2D eigenvalue weighted by Crippen LogP contribution is 2.35. The lowest BCUT2D eigenvalue weighted by Gasteiger charge is -2.09. The molecule has 0 radical (unpaired) electrons. The Balaban J connectivity index is 1.79. The van der Waals surface area contributed by atoms with E-state index in [1.807, 2.05) is 24.3 Å². The van der Waals surface area contributed by atoms with Crippen LogP contribution in [0.4, 0.5) is 4.79 Å². The zero-order valence-electron chi connectivity index (χ0n) is 16.6. The molecule has 0 N–H and O–H groups in total. The molecule has 0 saturated carbocycles. The average Bonchev–Trinajstić information content (AvgIpc) is 3.22. The van der Waals surface area contributed by atoms with Crippen molar-refractivity contribution in [1.29, 1.82) is 0 Å². The summed E-state index contributed by atoms with van der Waals surface area (Å²) in [5.41, 5.74) is 4.56. The van der Waals surface area contributed by atoms with Crippen molar-refractivity contribution in [3.63, 3.8) is 0 Å². The van der Waals surface area contributed by atoms with Crippen LogP contribution < -0.4 is 0 Å². The number of thioether (sulfide) groups is 1. The van der Waals surface area contributed by atoms with Crippen molar-refractivity contribution < 1.29 is 9.59 Å². The normalized spacial score (nSPS) is 15.5. The standard InChI is InChI=1S/C24H21BrN2O2S/c1-3-12-27-23(28)21(30-24(27)29)13-18-15-26(14-16-8-10-19(25)11-9-16)22-17(4-2)6-5-7-20(18)22/h3,5-11,13,15H,1,4,12,14H2,2H3/b21-13-. The molecular formula is C24H21BrN2O2S. The Bertz CT molecular complexity index is 1180. The minimum atomic E-state index is -0.259. The van der Waals surface area contributed by atoms with Gasteiger partial charge in [-0.05, 0) is 47.5 Å². The number of halogens is 1. The van der Waals surface area contributed by atoms with Crippen LogP contribution in [0.2, 0.25) is 0 Å². The van der Waals surface area contributed by atoms with Crippen LogP contribution in [0, 0.1) is 0 Å². The number of para-hydroxylation sites is 1. The molecular weight excluding hydrogens is 460 g/mol. The minimum Gasteiger partial charge on any atom is -0.342 e. The lowest BCUT2D eigenvalue weighted by Crippen LogP contribution is -2.27. The number of fused-ring (bicyclic) bond motifs is 1. The summed E-state index contributed by atoms with van der Waals surface area (Å²) in [5, 5.41) is 0.834. The maximum atomic E-state index is 12.7. The molecule has 1 aromatic heterocycles. The molecule has 0 unspecified atom stereocenters. The molecule has 0 aliphatic carbocycles. The highest BCUT2D eigenvalue weighted by molar-refractivity contribution is 9.10. The van der Waals surface area contributed by atoms with E-state index in [9.17, 15) is 9.59 Å². The molecule has 1 saturated heterocycles. The van der Waals surface area contributed by atoms with Gasteiger partial charge in [0.25, 0.3) is 11.1 Å². The lowest BCUT2D eigenvalue weighted by molar-refractivity contribution is -0.122. The first kappa shape index (κ1) is 20.7. The van der Waals surface area contributed by atoms with E-state index in [2.05, 4.69) is 64.5 Å². The number of hydrogen-bond acceptors (Lipinski definition) is 3. The summed E-state index contributed by atoms with van der Waals surface area (Å²) in [4.78, 5) is 26.5. The van der Waals surface area contributed by atoms with Crippen molar-refractivity contribution in [2.75, 3.05) is 6.54 Å². The molecule has 3 aromatic rings. The van der Waals surface area contributed by atoms with Gasteiger partial charge in [0.2, 0.25) is 0 Å². The fraction of sp³-hybridized carbons (Fsp3) is 0.167. The quantitative estimate of drug-likeness (QED) is 0.309. The number of rotatable bonds is 6. The highest BCUT2D eigenvalue weighted by Gasteiger charge is 2.34. The first-order chi connectivity index (χ1) is 14.5. The first-order valence-electron chi connectivity index (χ1n) is 9.73. The zero-order chi connectivity index (χ0) is 21.3. The van der Waals surface area contributed by atoms with Crippen molar-refractivity contribution in [2.24, 2.45) is 0 Å². The molecule has 0 atom stereocenters. The number of imide groups is 1. The SMILES string of the molecule is C=CCN1C(=O)S/C(=C\c2cn(Cc3ccc(Br)cc3)c3c(CC)cccc23)C1=O. The molecule has 1 fully saturated rings. The van der Waals surface area contributed by atoms with E-state index in [4.69, 9.17) is 0 Å². The predicted octanol–water partition coefficient (Wildman–Crippen LogP) is 6.24. The molecule has 2 heterocycles. The number of carbonyl (C=O) groups excluding carboxylic acids is 2. The van der Waals surface area contributed by atoms with Crippen molar-refractivity contribution in [1.82, 2.24) is 9.47 Å². The molecule has 4 rings (SSSR count). The third kappa shape index (κ3) is 3.89. The fourth-order valence-electron chi connectivity index (χ4n) is 3.70. The highest BCUT2D eigenvalue weighted by atomic mass is 79.9. The summed E-state index contributed by atoms with van der Waals surface area (Å²) in [5.74, 6) is -0.259. The van der Waals surface area contributed by atoms with Crippen LogP contribution in [-0.4, -0.2) is 27.2 Å². The molecule has 2 amide bonds. The van der Waals surface area contributed by atoms with Crippen LogP contribution in [0.1, 0.15) is 23.6 Å². The maximum absolute atomic E-state index is 12.7. The Morgan fingerprint density at radius 2 is 1.90 bits per heavy atom. The summed E-state index contributed by atoms with van der Waals surface area (Å²) in [6, 6.07) is 14.5. The zero-order valence-corrected chi connectivity index (χ0v) is 19.0. The van der Waals surface area contributed by atoms with Gasteiger partial charge in [-0.15, -0.1) is 6.58 Å². The fourth-order valence-corrected chi connectivity index (χ4v) is 4.81. The van der Waals surface area contributed by atoms with E-state index >= 15 is 0 Å². The summed E-state index contributed by atoms with van der Waals surface area (Å²) in [7, 11) is 0. The monoisotopic (exact) mass is 480 g/mol. The average molecular weight is 481 g/mol.